The van der Waals surface area contributed by atoms with E-state index >= 15 is 0 Å². The van der Waals surface area contributed by atoms with Crippen molar-refractivity contribution in [3.63, 3.8) is 0 Å². The van der Waals surface area contributed by atoms with E-state index in [1.54, 1.807) is 0 Å². The van der Waals surface area contributed by atoms with E-state index in [0.717, 1.165) is 5.75 Å². The maximum Gasteiger partial charge on any atom is 0.243 e. The molecular weight excluding hydrogens is 128 g/mol. The van der Waals surface area contributed by atoms with Crippen molar-refractivity contribution in [1.29, 1.82) is 0 Å². The smallest absolute Gasteiger partial charge is 0.243 e. The molecule has 0 spiro atoms. The highest BCUT2D eigenvalue weighted by Crippen LogP contribution is 2.09. The molecule has 1 aromatic rings. The molecule has 0 saturated heterocycles. The quantitative estimate of drug-likeness (QED) is 0.523. The molecule has 47 valence electrons. The Morgan fingerprint density at radius 3 is 2.22 bits per heavy atom. The lowest BCUT2D eigenvalue weighted by Gasteiger charge is -1.97. The molecule has 1 radical (unpaired) electrons. The Labute approximate surface area is 58.2 Å². The third kappa shape index (κ3) is 1.57. The molecule has 0 aliphatic carbocycles. The van der Waals surface area contributed by atoms with Crippen LogP contribution in [0.15, 0.2) is 24.3 Å². The Kier molecular flexibility index (Phi) is 1.90. The summed E-state index contributed by atoms with van der Waals surface area (Å²) in [5.41, 5.74) is 1.26. The molecule has 0 saturated carbocycles. The van der Waals surface area contributed by atoms with Gasteiger partial charge in [0.1, 0.15) is 5.75 Å². The number of rotatable bonds is 1. The molecule has 0 N–H and O–H groups in total. The van der Waals surface area contributed by atoms with E-state index in [-0.39, 0.29) is 0 Å². The normalized spacial score (nSPS) is 9.11. The first-order valence-electron chi connectivity index (χ1n) is 2.81. The van der Waals surface area contributed by atoms with Crippen LogP contribution in [0.4, 0.5) is 0 Å². The Bertz CT molecular complexity index is 181. The molecule has 0 aliphatic rings. The molecular formula is C7H9OSi. The molecule has 0 heterocycles. The highest BCUT2D eigenvalue weighted by atomic mass is 28.2. The number of hydrogen-bond donors (Lipinski definition) is 0. The molecule has 2 heteroatoms. The Morgan fingerprint density at radius 1 is 1.22 bits per heavy atom. The van der Waals surface area contributed by atoms with Crippen LogP contribution in [-0.4, -0.2) is 10.5 Å². The zero-order valence-electron chi connectivity index (χ0n) is 5.42. The van der Waals surface area contributed by atoms with Gasteiger partial charge in [0.15, 0.2) is 0 Å². The highest BCUT2D eigenvalue weighted by Gasteiger charge is 1.85. The summed E-state index contributed by atoms with van der Waals surface area (Å²) < 4.78 is 5.00. The maximum atomic E-state index is 5.00. The third-order valence-corrected chi connectivity index (χ3v) is 1.52. The van der Waals surface area contributed by atoms with Crippen molar-refractivity contribution in [2.45, 2.75) is 6.92 Å². The van der Waals surface area contributed by atoms with E-state index < -0.39 is 0 Å². The second kappa shape index (κ2) is 2.69. The summed E-state index contributed by atoms with van der Waals surface area (Å²) in [7, 11) is 1.49. The van der Waals surface area contributed by atoms with Gasteiger partial charge in [-0.1, -0.05) is 17.7 Å². The van der Waals surface area contributed by atoms with Crippen LogP contribution in [-0.2, 0) is 0 Å². The summed E-state index contributed by atoms with van der Waals surface area (Å²) in [5, 5.41) is 0. The standard InChI is InChI=1S/C7H9OSi/c1-6-2-4-7(8-9)5-3-6/h2-5H,9H2,1H3. The summed E-state index contributed by atoms with van der Waals surface area (Å²) >= 11 is 0. The number of hydrogen-bond acceptors (Lipinski definition) is 1. The molecule has 9 heavy (non-hydrogen) atoms. The van der Waals surface area contributed by atoms with E-state index in [9.17, 15) is 0 Å². The predicted molar refractivity (Wildman–Crippen MR) is 40.4 cm³/mol. The van der Waals surface area contributed by atoms with Gasteiger partial charge in [0.25, 0.3) is 0 Å². The van der Waals surface area contributed by atoms with E-state index in [2.05, 4.69) is 6.92 Å². The zero-order valence-corrected chi connectivity index (χ0v) is 6.84. The van der Waals surface area contributed by atoms with Crippen molar-refractivity contribution in [3.05, 3.63) is 29.8 Å². The molecule has 0 amide bonds. The van der Waals surface area contributed by atoms with Crippen molar-refractivity contribution in [2.24, 2.45) is 0 Å². The van der Waals surface area contributed by atoms with Gasteiger partial charge in [0.2, 0.25) is 10.5 Å². The first-order chi connectivity index (χ1) is 4.33. The fourth-order valence-corrected chi connectivity index (χ4v) is 0.827. The second-order valence-electron chi connectivity index (χ2n) is 1.96. The van der Waals surface area contributed by atoms with Crippen LogP contribution in [0.1, 0.15) is 5.56 Å². The van der Waals surface area contributed by atoms with Crippen LogP contribution >= 0.6 is 0 Å². The average molecular weight is 137 g/mol. The average Bonchev–Trinajstić information content (AvgIpc) is 1.90. The lowest BCUT2D eigenvalue weighted by atomic mass is 10.2. The SMILES string of the molecule is Cc1ccc(O[SiH2])cc1. The fourth-order valence-electron chi connectivity index (χ4n) is 0.634. The van der Waals surface area contributed by atoms with Crippen molar-refractivity contribution < 1.29 is 4.43 Å². The van der Waals surface area contributed by atoms with E-state index in [1.807, 2.05) is 24.3 Å². The van der Waals surface area contributed by atoms with Gasteiger partial charge in [-0.25, -0.2) is 0 Å². The van der Waals surface area contributed by atoms with Crippen LogP contribution in [0, 0.1) is 6.92 Å². The minimum atomic E-state index is 0.930. The van der Waals surface area contributed by atoms with Gasteiger partial charge in [-0.05, 0) is 19.1 Å². The molecule has 1 aromatic carbocycles. The lowest BCUT2D eigenvalue weighted by molar-refractivity contribution is 0.616. The van der Waals surface area contributed by atoms with Crippen molar-refractivity contribution in [3.8, 4) is 5.75 Å². The Balaban J connectivity index is 2.88. The van der Waals surface area contributed by atoms with Crippen LogP contribution in [0.5, 0.6) is 5.75 Å². The van der Waals surface area contributed by atoms with Gasteiger partial charge in [-0.15, -0.1) is 0 Å². The topological polar surface area (TPSA) is 9.23 Å². The number of benzene rings is 1. The van der Waals surface area contributed by atoms with Gasteiger partial charge in [-0.2, -0.15) is 0 Å². The third-order valence-electron chi connectivity index (χ3n) is 1.19. The second-order valence-corrected chi connectivity index (χ2v) is 2.25. The predicted octanol–water partition coefficient (Wildman–Crippen LogP) is 0.922. The van der Waals surface area contributed by atoms with E-state index in [0.29, 0.717) is 0 Å². The Hall–Kier alpha value is -0.763. The molecule has 1 rings (SSSR count). The van der Waals surface area contributed by atoms with Crippen LogP contribution < -0.4 is 4.43 Å². The molecule has 0 atom stereocenters. The molecule has 0 aliphatic heterocycles. The van der Waals surface area contributed by atoms with Crippen LogP contribution in [0.25, 0.3) is 0 Å². The van der Waals surface area contributed by atoms with E-state index in [1.165, 1.54) is 16.0 Å². The van der Waals surface area contributed by atoms with E-state index in [4.69, 9.17) is 4.43 Å². The van der Waals surface area contributed by atoms with Gasteiger partial charge in [0, 0.05) is 0 Å². The summed E-state index contributed by atoms with van der Waals surface area (Å²) in [4.78, 5) is 0. The highest BCUT2D eigenvalue weighted by molar-refractivity contribution is 5.99. The summed E-state index contributed by atoms with van der Waals surface area (Å²) in [5.74, 6) is 0.930. The van der Waals surface area contributed by atoms with Gasteiger partial charge in [0.05, 0.1) is 0 Å². The van der Waals surface area contributed by atoms with Crippen molar-refractivity contribution >= 4 is 10.5 Å². The summed E-state index contributed by atoms with van der Waals surface area (Å²) in [6.45, 7) is 2.06. The van der Waals surface area contributed by atoms with Crippen molar-refractivity contribution in [2.75, 3.05) is 0 Å². The number of aryl methyl sites for hydroxylation is 1. The molecule has 0 fully saturated rings. The lowest BCUT2D eigenvalue weighted by Crippen LogP contribution is -1.83. The summed E-state index contributed by atoms with van der Waals surface area (Å²) in [6.07, 6.45) is 0. The first kappa shape index (κ1) is 6.36. The molecule has 0 aromatic heterocycles. The molecule has 1 nitrogen and oxygen atoms in total. The minimum Gasteiger partial charge on any atom is -0.549 e. The molecule has 0 unspecified atom stereocenters. The maximum absolute atomic E-state index is 5.00. The fraction of sp³-hybridized carbons (Fsp3) is 0.143. The van der Waals surface area contributed by atoms with Crippen LogP contribution in [0.2, 0.25) is 0 Å². The summed E-state index contributed by atoms with van der Waals surface area (Å²) in [6, 6.07) is 7.98. The Morgan fingerprint density at radius 2 is 1.78 bits per heavy atom. The van der Waals surface area contributed by atoms with Crippen molar-refractivity contribution in [1.82, 2.24) is 0 Å². The van der Waals surface area contributed by atoms with Gasteiger partial charge in [-0.3, -0.25) is 0 Å². The van der Waals surface area contributed by atoms with Gasteiger partial charge >= 0.3 is 0 Å². The molecule has 0 bridgehead atoms. The van der Waals surface area contributed by atoms with Gasteiger partial charge < -0.3 is 4.43 Å². The first-order valence-corrected chi connectivity index (χ1v) is 3.39. The largest absolute Gasteiger partial charge is 0.549 e. The zero-order chi connectivity index (χ0) is 6.69. The minimum absolute atomic E-state index is 0.930. The van der Waals surface area contributed by atoms with Crippen LogP contribution in [0.3, 0.4) is 0 Å². The monoisotopic (exact) mass is 137 g/mol.